The first-order valence-corrected chi connectivity index (χ1v) is 6.88. The molecule has 1 unspecified atom stereocenters. The van der Waals surface area contributed by atoms with Gasteiger partial charge in [0.05, 0.1) is 11.6 Å². The maximum atomic E-state index is 9.02. The van der Waals surface area contributed by atoms with Crippen molar-refractivity contribution in [3.05, 3.63) is 6.20 Å². The van der Waals surface area contributed by atoms with Crippen molar-refractivity contribution < 1.29 is 5.11 Å². The van der Waals surface area contributed by atoms with Gasteiger partial charge in [-0.05, 0) is 25.7 Å². The zero-order valence-corrected chi connectivity index (χ0v) is 11.2. The molecule has 8 heteroatoms. The van der Waals surface area contributed by atoms with Crippen molar-refractivity contribution in [1.82, 2.24) is 20.2 Å². The molecule has 20 heavy (non-hydrogen) atoms. The van der Waals surface area contributed by atoms with Crippen LogP contribution >= 0.6 is 0 Å². The number of aliphatic hydroxyl groups excluding tert-OH is 1. The predicted molar refractivity (Wildman–Crippen MR) is 76.2 cm³/mol. The molecule has 3 heterocycles. The van der Waals surface area contributed by atoms with E-state index in [0.717, 1.165) is 43.4 Å². The zero-order valence-electron chi connectivity index (χ0n) is 11.2. The van der Waals surface area contributed by atoms with Crippen LogP contribution in [0, 0.1) is 0 Å². The maximum Gasteiger partial charge on any atom is 0.241 e. The standard InChI is InChI=1S/C12H19N7O/c13-17-12-15-10-9(7-14-18-10)11(16-12)19-5-1-3-8(19)4-2-6-20/h7-8,20H,1-6,13H2,(H2,14,15,16,17,18). The Hall–Kier alpha value is -1.93. The summed E-state index contributed by atoms with van der Waals surface area (Å²) in [6.45, 7) is 1.18. The third-order valence-electron chi connectivity index (χ3n) is 3.76. The van der Waals surface area contributed by atoms with Gasteiger partial charge in [-0.25, -0.2) is 5.84 Å². The second-order valence-electron chi connectivity index (χ2n) is 5.00. The molecule has 1 aliphatic rings. The number of aliphatic hydroxyl groups is 1. The minimum Gasteiger partial charge on any atom is -0.396 e. The van der Waals surface area contributed by atoms with Crippen molar-refractivity contribution in [2.45, 2.75) is 31.7 Å². The molecule has 1 aliphatic heterocycles. The van der Waals surface area contributed by atoms with Gasteiger partial charge >= 0.3 is 0 Å². The first-order valence-electron chi connectivity index (χ1n) is 6.88. The van der Waals surface area contributed by atoms with Crippen molar-refractivity contribution in [2.24, 2.45) is 5.84 Å². The van der Waals surface area contributed by atoms with E-state index in [1.165, 1.54) is 0 Å². The molecule has 0 spiro atoms. The maximum absolute atomic E-state index is 9.02. The van der Waals surface area contributed by atoms with Crippen molar-refractivity contribution in [2.75, 3.05) is 23.5 Å². The first-order chi connectivity index (χ1) is 9.83. The van der Waals surface area contributed by atoms with Gasteiger partial charge in [0.2, 0.25) is 5.95 Å². The van der Waals surface area contributed by atoms with Crippen LogP contribution in [0.4, 0.5) is 11.8 Å². The summed E-state index contributed by atoms with van der Waals surface area (Å²) in [5, 5.41) is 16.8. The van der Waals surface area contributed by atoms with Crippen LogP contribution in [-0.2, 0) is 0 Å². The van der Waals surface area contributed by atoms with E-state index in [1.54, 1.807) is 6.20 Å². The van der Waals surface area contributed by atoms with Crippen molar-refractivity contribution in [3.63, 3.8) is 0 Å². The van der Waals surface area contributed by atoms with Gasteiger partial charge in [0, 0.05) is 19.2 Å². The Kier molecular flexibility index (Phi) is 3.66. The highest BCUT2D eigenvalue weighted by Crippen LogP contribution is 2.31. The molecule has 0 radical (unpaired) electrons. The molecule has 2 aromatic heterocycles. The van der Waals surface area contributed by atoms with Gasteiger partial charge in [0.1, 0.15) is 5.82 Å². The molecule has 108 valence electrons. The normalized spacial score (nSPS) is 18.9. The molecule has 0 aliphatic carbocycles. The van der Waals surface area contributed by atoms with Gasteiger partial charge in [0.15, 0.2) is 5.65 Å². The lowest BCUT2D eigenvalue weighted by molar-refractivity contribution is 0.279. The van der Waals surface area contributed by atoms with Crippen LogP contribution in [0.2, 0.25) is 0 Å². The lowest BCUT2D eigenvalue weighted by atomic mass is 10.1. The van der Waals surface area contributed by atoms with E-state index < -0.39 is 0 Å². The molecular formula is C12H19N7O. The Morgan fingerprint density at radius 3 is 3.20 bits per heavy atom. The highest BCUT2D eigenvalue weighted by molar-refractivity contribution is 5.87. The summed E-state index contributed by atoms with van der Waals surface area (Å²) in [7, 11) is 0. The average Bonchev–Trinajstić information content (AvgIpc) is 3.12. The number of rotatable bonds is 5. The summed E-state index contributed by atoms with van der Waals surface area (Å²) in [5.41, 5.74) is 3.17. The molecule has 0 amide bonds. The van der Waals surface area contributed by atoms with Crippen molar-refractivity contribution in [3.8, 4) is 0 Å². The number of aromatic amines is 1. The van der Waals surface area contributed by atoms with E-state index in [-0.39, 0.29) is 6.61 Å². The van der Waals surface area contributed by atoms with Crippen LogP contribution in [0.25, 0.3) is 11.0 Å². The Morgan fingerprint density at radius 1 is 1.50 bits per heavy atom. The predicted octanol–water partition coefficient (Wildman–Crippen LogP) is 0.380. The minimum atomic E-state index is 0.227. The molecule has 5 N–H and O–H groups in total. The van der Waals surface area contributed by atoms with E-state index in [2.05, 4.69) is 30.5 Å². The number of nitrogens with one attached hydrogen (secondary N) is 2. The van der Waals surface area contributed by atoms with Crippen LogP contribution in [0.5, 0.6) is 0 Å². The number of fused-ring (bicyclic) bond motifs is 1. The summed E-state index contributed by atoms with van der Waals surface area (Å²) in [6.07, 6.45) is 5.76. The Labute approximate surface area is 116 Å². The number of hydrogen-bond donors (Lipinski definition) is 4. The summed E-state index contributed by atoms with van der Waals surface area (Å²) in [6, 6.07) is 0.403. The smallest absolute Gasteiger partial charge is 0.241 e. The summed E-state index contributed by atoms with van der Waals surface area (Å²) in [5.74, 6) is 6.67. The number of anilines is 2. The van der Waals surface area contributed by atoms with Gasteiger partial charge < -0.3 is 10.0 Å². The van der Waals surface area contributed by atoms with Crippen LogP contribution < -0.4 is 16.2 Å². The van der Waals surface area contributed by atoms with Gasteiger partial charge in [0.25, 0.3) is 0 Å². The third-order valence-corrected chi connectivity index (χ3v) is 3.76. The number of aromatic nitrogens is 4. The Balaban J connectivity index is 1.97. The highest BCUT2D eigenvalue weighted by Gasteiger charge is 2.27. The average molecular weight is 277 g/mol. The SMILES string of the molecule is NNc1nc(N2CCCC2CCCO)c2cn[nH]c2n1. The highest BCUT2D eigenvalue weighted by atomic mass is 16.2. The zero-order chi connectivity index (χ0) is 13.9. The quantitative estimate of drug-likeness (QED) is 0.461. The summed E-state index contributed by atoms with van der Waals surface area (Å²) < 4.78 is 0. The van der Waals surface area contributed by atoms with Gasteiger partial charge in [-0.15, -0.1) is 0 Å². The number of nitrogen functional groups attached to an aromatic ring is 1. The molecule has 1 fully saturated rings. The van der Waals surface area contributed by atoms with E-state index in [0.29, 0.717) is 17.6 Å². The lowest BCUT2D eigenvalue weighted by Crippen LogP contribution is -2.30. The molecule has 2 aromatic rings. The molecule has 0 bridgehead atoms. The molecule has 8 nitrogen and oxygen atoms in total. The van der Waals surface area contributed by atoms with Gasteiger partial charge in [-0.3, -0.25) is 10.5 Å². The van der Waals surface area contributed by atoms with E-state index in [9.17, 15) is 0 Å². The summed E-state index contributed by atoms with van der Waals surface area (Å²) in [4.78, 5) is 11.0. The third kappa shape index (κ3) is 2.27. The minimum absolute atomic E-state index is 0.227. The Bertz CT molecular complexity index is 584. The molecule has 0 aromatic carbocycles. The fraction of sp³-hybridized carbons (Fsp3) is 0.583. The number of hydrogen-bond acceptors (Lipinski definition) is 7. The second kappa shape index (κ2) is 5.59. The molecule has 1 saturated heterocycles. The fourth-order valence-corrected chi connectivity index (χ4v) is 2.84. The molecule has 3 rings (SSSR count). The fourth-order valence-electron chi connectivity index (χ4n) is 2.84. The number of hydrazine groups is 1. The monoisotopic (exact) mass is 277 g/mol. The van der Waals surface area contributed by atoms with E-state index in [1.807, 2.05) is 0 Å². The number of nitrogens with zero attached hydrogens (tertiary/aromatic N) is 4. The van der Waals surface area contributed by atoms with E-state index in [4.69, 9.17) is 10.9 Å². The second-order valence-corrected chi connectivity index (χ2v) is 5.00. The van der Waals surface area contributed by atoms with Crippen molar-refractivity contribution >= 4 is 22.8 Å². The summed E-state index contributed by atoms with van der Waals surface area (Å²) >= 11 is 0. The van der Waals surface area contributed by atoms with Crippen molar-refractivity contribution in [1.29, 1.82) is 0 Å². The topological polar surface area (TPSA) is 116 Å². The van der Waals surface area contributed by atoms with Gasteiger partial charge in [-0.1, -0.05) is 0 Å². The lowest BCUT2D eigenvalue weighted by Gasteiger charge is -2.26. The van der Waals surface area contributed by atoms with Crippen LogP contribution in [0.3, 0.4) is 0 Å². The van der Waals surface area contributed by atoms with Crippen LogP contribution in [-0.4, -0.2) is 44.5 Å². The molecule has 1 atom stereocenters. The van der Waals surface area contributed by atoms with Crippen LogP contribution in [0.1, 0.15) is 25.7 Å². The number of H-pyrrole nitrogens is 1. The largest absolute Gasteiger partial charge is 0.396 e. The van der Waals surface area contributed by atoms with E-state index >= 15 is 0 Å². The number of nitrogens with two attached hydrogens (primary N) is 1. The first kappa shape index (κ1) is 13.1. The molecule has 0 saturated carbocycles. The molecular weight excluding hydrogens is 258 g/mol. The van der Waals surface area contributed by atoms with Crippen LogP contribution in [0.15, 0.2) is 6.20 Å². The van der Waals surface area contributed by atoms with Gasteiger partial charge in [-0.2, -0.15) is 15.1 Å². The Morgan fingerprint density at radius 2 is 2.40 bits per heavy atom.